The lowest BCUT2D eigenvalue weighted by Crippen LogP contribution is -1.97. The molecule has 9 aromatic carbocycles. The number of aromatic nitrogens is 1. The normalized spacial score (nSPS) is 8.34. The van der Waals surface area contributed by atoms with Crippen molar-refractivity contribution in [2.24, 2.45) is 0 Å². The second kappa shape index (κ2) is 70.3. The maximum absolute atomic E-state index is 9.41. The molecule has 0 fully saturated rings. The fraction of sp³-hybridized carbons (Fsp3) is 0.121. The highest BCUT2D eigenvalue weighted by Crippen LogP contribution is 2.41. The third kappa shape index (κ3) is 40.1. The summed E-state index contributed by atoms with van der Waals surface area (Å²) >= 11 is 60.7. The largest absolute Gasteiger partial charge is 0.496 e. The molecule has 146 heavy (non-hydrogen) atoms. The lowest BCUT2D eigenvalue weighted by Gasteiger charge is -2.15. The quantitative estimate of drug-likeness (QED) is 0.0419. The number of benzene rings is 9. The Morgan fingerprint density at radius 3 is 0.938 bits per heavy atom. The first-order chi connectivity index (χ1) is 71.6. The van der Waals surface area contributed by atoms with Crippen LogP contribution in [0.1, 0.15) is 80.6 Å². The van der Waals surface area contributed by atoms with E-state index in [0.717, 1.165) is 106 Å². The first-order valence-electron chi connectivity index (χ1n) is 41.5. The number of nitriles is 2. The molecule has 0 saturated carbocycles. The van der Waals surface area contributed by atoms with Crippen molar-refractivity contribution in [2.75, 3.05) is 21.3 Å². The van der Waals surface area contributed by atoms with Gasteiger partial charge in [-0.25, -0.2) is 4.98 Å². The Morgan fingerprint density at radius 1 is 0.253 bits per heavy atom. The SMILES string of the molecule is C#CC#CC#CC#CC#COc1cccc(-c2cc(CCl)c(C#N)cc2CCl)c1.C#CC#CC#CC#CC#COc1cccc(-c2cc(CCl)c(OC)cc2CCl)c1.C#CC#CC#CC#CC#COc1cccc(-c2cc(CCl)c(OC)cc2CCl)n1.C#CC#CC#CC#CC#COc1cccc(-c2cc(CCl)cc(C#N)c2CCl)c1.CC#CC#COc1ccc(-c2cc(CCl)c(OC)cc2CCl)cc1OC#CC#CC. The van der Waals surface area contributed by atoms with E-state index in [1.807, 2.05) is 121 Å². The van der Waals surface area contributed by atoms with E-state index in [1.165, 1.54) is 0 Å². The summed E-state index contributed by atoms with van der Waals surface area (Å²) in [6.07, 6.45) is 34.9. The van der Waals surface area contributed by atoms with Gasteiger partial charge < -0.3 is 42.6 Å². The third-order valence-corrected chi connectivity index (χ3v) is 20.9. The molecule has 22 heteroatoms. The summed E-state index contributed by atoms with van der Waals surface area (Å²) < 4.78 is 48.8. The van der Waals surface area contributed by atoms with Crippen molar-refractivity contribution in [3.63, 3.8) is 0 Å². The summed E-state index contributed by atoms with van der Waals surface area (Å²) in [4.78, 5) is 4.47. The molecule has 0 atom stereocenters. The van der Waals surface area contributed by atoms with Gasteiger partial charge in [-0.15, -0.1) is 142 Å². The molecular weight excluding hydrogens is 2030 g/mol. The maximum atomic E-state index is 9.41. The number of alkyl halides is 10. The van der Waals surface area contributed by atoms with Crippen molar-refractivity contribution in [3.05, 3.63) is 237 Å². The molecule has 0 unspecified atom stereocenters. The Labute approximate surface area is 904 Å². The Hall–Kier alpha value is -18.4. The maximum Gasteiger partial charge on any atom is 0.231 e. The minimum atomic E-state index is 0.202. The number of pyridine rings is 1. The molecular formula is C124H67Cl10N3O9. The van der Waals surface area contributed by atoms with Gasteiger partial charge in [0.05, 0.1) is 67.9 Å². The van der Waals surface area contributed by atoms with Gasteiger partial charge in [0.2, 0.25) is 5.88 Å². The molecule has 10 aromatic rings. The fourth-order valence-corrected chi connectivity index (χ4v) is 13.9. The Bertz CT molecular complexity index is 8070. The van der Waals surface area contributed by atoms with Crippen LogP contribution in [0.5, 0.6) is 51.9 Å². The molecule has 0 aliphatic carbocycles. The van der Waals surface area contributed by atoms with Gasteiger partial charge in [0.25, 0.3) is 0 Å². The van der Waals surface area contributed by atoms with E-state index >= 15 is 0 Å². The van der Waals surface area contributed by atoms with Gasteiger partial charge in [-0.3, -0.25) is 0 Å². The lowest BCUT2D eigenvalue weighted by atomic mass is 9.94. The topological polar surface area (TPSA) is 144 Å². The van der Waals surface area contributed by atoms with Crippen molar-refractivity contribution in [3.8, 4) is 407 Å². The van der Waals surface area contributed by atoms with Crippen LogP contribution in [-0.2, 0) is 58.8 Å². The van der Waals surface area contributed by atoms with E-state index in [1.54, 1.807) is 83.7 Å². The molecule has 0 aliphatic heterocycles. The lowest BCUT2D eigenvalue weighted by molar-refractivity contribution is 0.411. The van der Waals surface area contributed by atoms with Gasteiger partial charge in [-0.2, -0.15) is 10.5 Å². The summed E-state index contributed by atoms with van der Waals surface area (Å²) in [7, 11) is 4.80. The Balaban J connectivity index is 0.000000279. The molecule has 12 nitrogen and oxygen atoms in total. The number of methoxy groups -OCH3 is 3. The highest BCUT2D eigenvalue weighted by Gasteiger charge is 2.20. The van der Waals surface area contributed by atoms with Crippen molar-refractivity contribution in [1.82, 2.24) is 4.98 Å². The van der Waals surface area contributed by atoms with Crippen LogP contribution < -0.4 is 42.6 Å². The highest BCUT2D eigenvalue weighted by molar-refractivity contribution is 6.21. The molecule has 702 valence electrons. The van der Waals surface area contributed by atoms with Crippen molar-refractivity contribution in [1.29, 1.82) is 10.5 Å². The van der Waals surface area contributed by atoms with Crippen molar-refractivity contribution >= 4 is 116 Å². The smallest absolute Gasteiger partial charge is 0.231 e. The third-order valence-electron chi connectivity index (χ3n) is 18.0. The standard InChI is InChI=1S/2C25H11Cl2NO.C25H18Cl2O3.C25H14Cl2O2.C24H13Cl2NO2/c1-2-3-4-5-6-7-8-9-13-29-23-12-10-11-21(16-23)24-15-20(17-26)14-22(19-28)25(24)18-27;1-2-3-4-5-6-7-8-9-13-29-24-12-10-11-20(15-24)25-16-21(17-26)23(19-28)14-22(25)18-27;1-4-6-8-12-29-23-11-10-19(15-25(23)30-13-9-7-5-2)22-14-21(18-27)24(28-3)16-20(22)17-26;1-3-4-5-6-7-8-9-10-14-29-23-13-11-12-20(15-23)24-16-22(19-27)25(28-2)17-21(24)18-26;1-3-4-5-6-7-8-9-10-14-29-24-13-11-12-22(27-24)21-15-20(18-26)23(28-2)16-19(21)17-25/h2*1,10-12,14-16H,17-18H2;10-11,14-16H,17-18H2,1-3H3;1,11-13,15-17H,18-19H2,2H3;1,11-13,15-16H,17-18H2,2H3. The summed E-state index contributed by atoms with van der Waals surface area (Å²) in [5.74, 6) is 102. The first kappa shape index (κ1) is 116. The molecule has 0 N–H and O–H groups in total. The summed E-state index contributed by atoms with van der Waals surface area (Å²) in [6, 6.07) is 56.0. The van der Waals surface area contributed by atoms with Crippen LogP contribution >= 0.6 is 116 Å². The number of terminal acetylenes is 4. The van der Waals surface area contributed by atoms with Crippen molar-refractivity contribution in [2.45, 2.75) is 72.6 Å². The number of hydrogen-bond donors (Lipinski definition) is 0. The minimum absolute atomic E-state index is 0.202. The van der Waals surface area contributed by atoms with Gasteiger partial charge >= 0.3 is 0 Å². The molecule has 10 rings (SSSR count). The van der Waals surface area contributed by atoms with Gasteiger partial charge in [-0.05, 0) is 319 Å². The molecule has 0 radical (unpaired) electrons. The zero-order valence-electron chi connectivity index (χ0n) is 77.8. The van der Waals surface area contributed by atoms with Gasteiger partial charge in [0.1, 0.15) is 71.1 Å². The number of halogens is 10. The zero-order valence-corrected chi connectivity index (χ0v) is 85.4. The average Bonchev–Trinajstić information content (AvgIpc) is 0.811. The predicted molar refractivity (Wildman–Crippen MR) is 588 cm³/mol. The summed E-state index contributed by atoms with van der Waals surface area (Å²) in [5, 5.41) is 18.7. The number of hydrogen-bond acceptors (Lipinski definition) is 12. The minimum Gasteiger partial charge on any atom is -0.496 e. The summed E-state index contributed by atoms with van der Waals surface area (Å²) in [6.45, 7) is 3.39. The molecule has 1 aromatic heterocycles. The fourth-order valence-electron chi connectivity index (χ4n) is 11.8. The number of rotatable bonds is 24. The van der Waals surface area contributed by atoms with Crippen LogP contribution in [0.3, 0.4) is 0 Å². The van der Waals surface area contributed by atoms with E-state index in [-0.39, 0.29) is 17.6 Å². The summed E-state index contributed by atoms with van der Waals surface area (Å²) in [5.41, 5.74) is 18.0. The predicted octanol–water partition coefficient (Wildman–Crippen LogP) is 24.0. The van der Waals surface area contributed by atoms with Crippen LogP contribution in [0.15, 0.2) is 170 Å². The van der Waals surface area contributed by atoms with Crippen LogP contribution in [0.25, 0.3) is 55.8 Å². The van der Waals surface area contributed by atoms with Gasteiger partial charge in [0, 0.05) is 176 Å². The van der Waals surface area contributed by atoms with Crippen LogP contribution in [0, 0.1) is 310 Å². The highest BCUT2D eigenvalue weighted by atomic mass is 35.5. The van der Waals surface area contributed by atoms with Gasteiger partial charge in [0.15, 0.2) is 11.5 Å². The second-order valence-corrected chi connectivity index (χ2v) is 29.4. The van der Waals surface area contributed by atoms with Crippen LogP contribution in [0.2, 0.25) is 0 Å². The van der Waals surface area contributed by atoms with E-state index in [9.17, 15) is 10.5 Å². The van der Waals surface area contributed by atoms with Crippen molar-refractivity contribution < 1.29 is 42.6 Å². The Kier molecular flexibility index (Phi) is 56.0. The molecule has 0 spiro atoms. The van der Waals surface area contributed by atoms with Crippen LogP contribution in [-0.4, -0.2) is 26.3 Å². The second-order valence-electron chi connectivity index (χ2n) is 26.8. The van der Waals surface area contributed by atoms with E-state index in [2.05, 4.69) is 279 Å². The van der Waals surface area contributed by atoms with E-state index in [0.29, 0.717) is 110 Å². The average molecular weight is 2100 g/mol. The van der Waals surface area contributed by atoms with E-state index in [4.69, 9.17) is 184 Å². The van der Waals surface area contributed by atoms with E-state index < -0.39 is 0 Å². The first-order valence-corrected chi connectivity index (χ1v) is 46.9. The molecule has 0 bridgehead atoms. The monoisotopic (exact) mass is 2090 g/mol. The molecule has 1 heterocycles. The number of ether oxygens (including phenoxy) is 9. The number of nitrogens with zero attached hydrogens (tertiary/aromatic N) is 3. The zero-order chi connectivity index (χ0) is 105. The Morgan fingerprint density at radius 2 is 0.575 bits per heavy atom. The van der Waals surface area contributed by atoms with Gasteiger partial charge in [-0.1, -0.05) is 60.4 Å². The molecule has 0 saturated heterocycles. The van der Waals surface area contributed by atoms with Crippen LogP contribution in [0.4, 0.5) is 0 Å². The molecule has 0 aliphatic rings. The molecule has 0 amide bonds.